The molecular weight excluding hydrogens is 346 g/mol. The van der Waals surface area contributed by atoms with Gasteiger partial charge in [0, 0.05) is 25.2 Å². The van der Waals surface area contributed by atoms with Crippen molar-refractivity contribution in [2.24, 2.45) is 17.6 Å². The fourth-order valence-electron chi connectivity index (χ4n) is 3.56. The fraction of sp³-hybridized carbons (Fsp3) is 0.762. The second-order valence-corrected chi connectivity index (χ2v) is 7.63. The van der Waals surface area contributed by atoms with Crippen LogP contribution >= 0.6 is 0 Å². The predicted octanol–water partition coefficient (Wildman–Crippen LogP) is 2.42. The number of aliphatic hydroxyl groups excluding tert-OH is 2. The zero-order valence-corrected chi connectivity index (χ0v) is 16.7. The van der Waals surface area contributed by atoms with Gasteiger partial charge < -0.3 is 25.8 Å². The van der Waals surface area contributed by atoms with Gasteiger partial charge in [-0.05, 0) is 38.0 Å². The Hall–Kier alpha value is -1.21. The van der Waals surface area contributed by atoms with E-state index in [-0.39, 0.29) is 17.8 Å². The Labute approximate surface area is 163 Å². The van der Waals surface area contributed by atoms with Crippen molar-refractivity contribution in [3.63, 3.8) is 0 Å². The highest BCUT2D eigenvalue weighted by molar-refractivity contribution is 5.69. The first kappa shape index (κ1) is 23.8. The molecule has 0 saturated heterocycles. The SMILES string of the molecule is CCCC[C@](N)(O)C/C=C/[C@@H]1[C@@H](C/C=C\CCCC(=O)OC)[C@@H](O)C[C@H]1O. The van der Waals surface area contributed by atoms with Gasteiger partial charge in [-0.1, -0.05) is 37.6 Å². The number of ether oxygens (including phenoxy) is 1. The van der Waals surface area contributed by atoms with Crippen LogP contribution in [0.2, 0.25) is 0 Å². The van der Waals surface area contributed by atoms with Crippen LogP contribution in [0.3, 0.4) is 0 Å². The van der Waals surface area contributed by atoms with Crippen molar-refractivity contribution in [2.45, 2.75) is 82.6 Å². The summed E-state index contributed by atoms with van der Waals surface area (Å²) in [5.41, 5.74) is 4.67. The molecule has 1 saturated carbocycles. The van der Waals surface area contributed by atoms with Gasteiger partial charge in [0.05, 0.1) is 19.3 Å². The number of unbranched alkanes of at least 4 members (excludes halogenated alkanes) is 2. The van der Waals surface area contributed by atoms with Gasteiger partial charge in [-0.15, -0.1) is 0 Å². The van der Waals surface area contributed by atoms with Crippen LogP contribution in [0.1, 0.15) is 64.7 Å². The molecule has 6 nitrogen and oxygen atoms in total. The van der Waals surface area contributed by atoms with E-state index in [1.807, 2.05) is 24.3 Å². The van der Waals surface area contributed by atoms with E-state index in [1.54, 1.807) is 0 Å². The Bertz CT molecular complexity index is 489. The molecular formula is C21H37NO5. The average molecular weight is 384 g/mol. The second kappa shape index (κ2) is 12.3. The van der Waals surface area contributed by atoms with Crippen LogP contribution in [0.4, 0.5) is 0 Å². The maximum atomic E-state index is 11.1. The maximum absolute atomic E-state index is 11.1. The minimum atomic E-state index is -1.22. The molecule has 5 N–H and O–H groups in total. The molecule has 1 aliphatic carbocycles. The van der Waals surface area contributed by atoms with E-state index in [0.717, 1.165) is 25.7 Å². The lowest BCUT2D eigenvalue weighted by molar-refractivity contribution is -0.140. The van der Waals surface area contributed by atoms with Gasteiger partial charge >= 0.3 is 5.97 Å². The number of esters is 1. The largest absolute Gasteiger partial charge is 0.469 e. The lowest BCUT2D eigenvalue weighted by Gasteiger charge is -2.22. The standard InChI is InChI=1S/C21H37NO5/c1-3-4-13-21(22,26)14-9-11-17-16(18(23)15-19(17)24)10-7-5-6-8-12-20(25)27-2/h5,7,9,11,16-19,23-24,26H,3-4,6,8,10,12-15,22H2,1-2H3/b7-5-,11-9+/t16-,17-,18+,19-,21+/m1/s1. The molecule has 0 radical (unpaired) electrons. The third-order valence-electron chi connectivity index (χ3n) is 5.26. The Morgan fingerprint density at radius 1 is 1.22 bits per heavy atom. The quantitative estimate of drug-likeness (QED) is 0.178. The summed E-state index contributed by atoms with van der Waals surface area (Å²) in [6.07, 6.45) is 12.2. The van der Waals surface area contributed by atoms with E-state index in [9.17, 15) is 20.1 Å². The Kier molecular flexibility index (Phi) is 10.8. The first-order valence-corrected chi connectivity index (χ1v) is 10.1. The van der Waals surface area contributed by atoms with Crippen molar-refractivity contribution in [3.8, 4) is 0 Å². The van der Waals surface area contributed by atoms with Gasteiger partial charge in [-0.3, -0.25) is 4.79 Å². The normalized spacial score (nSPS) is 28.1. The maximum Gasteiger partial charge on any atom is 0.305 e. The van der Waals surface area contributed by atoms with E-state index in [2.05, 4.69) is 11.7 Å². The molecule has 0 amide bonds. The van der Waals surface area contributed by atoms with Gasteiger partial charge in [-0.25, -0.2) is 0 Å². The summed E-state index contributed by atoms with van der Waals surface area (Å²) in [6.45, 7) is 2.05. The predicted molar refractivity (Wildman–Crippen MR) is 106 cm³/mol. The number of carbonyl (C=O) groups excluding carboxylic acids is 1. The average Bonchev–Trinajstić information content (AvgIpc) is 2.89. The molecule has 0 aromatic rings. The number of methoxy groups -OCH3 is 1. The highest BCUT2D eigenvalue weighted by atomic mass is 16.5. The van der Waals surface area contributed by atoms with Crippen molar-refractivity contribution in [1.82, 2.24) is 0 Å². The van der Waals surface area contributed by atoms with Crippen LogP contribution in [-0.4, -0.2) is 46.3 Å². The van der Waals surface area contributed by atoms with Gasteiger partial charge in [-0.2, -0.15) is 0 Å². The Balaban J connectivity index is 2.49. The van der Waals surface area contributed by atoms with Gasteiger partial charge in [0.15, 0.2) is 0 Å². The molecule has 0 aromatic carbocycles. The summed E-state index contributed by atoms with van der Waals surface area (Å²) < 4.78 is 4.60. The Morgan fingerprint density at radius 3 is 2.63 bits per heavy atom. The smallest absolute Gasteiger partial charge is 0.305 e. The summed E-state index contributed by atoms with van der Waals surface area (Å²) in [5, 5.41) is 30.7. The lowest BCUT2D eigenvalue weighted by Crippen LogP contribution is -2.38. The third kappa shape index (κ3) is 9.02. The number of hydrogen-bond donors (Lipinski definition) is 4. The number of nitrogens with two attached hydrogens (primary N) is 1. The molecule has 0 spiro atoms. The van der Waals surface area contributed by atoms with Gasteiger partial charge in [0.2, 0.25) is 0 Å². The van der Waals surface area contributed by atoms with Crippen molar-refractivity contribution in [1.29, 1.82) is 0 Å². The summed E-state index contributed by atoms with van der Waals surface area (Å²) in [5.74, 6) is -0.418. The van der Waals surface area contributed by atoms with Crippen LogP contribution in [0, 0.1) is 11.8 Å². The van der Waals surface area contributed by atoms with Crippen LogP contribution in [0.25, 0.3) is 0 Å². The van der Waals surface area contributed by atoms with Gasteiger partial charge in [0.25, 0.3) is 0 Å². The van der Waals surface area contributed by atoms with Crippen molar-refractivity contribution < 1.29 is 24.9 Å². The van der Waals surface area contributed by atoms with E-state index >= 15 is 0 Å². The molecule has 0 aliphatic heterocycles. The monoisotopic (exact) mass is 383 g/mol. The zero-order valence-electron chi connectivity index (χ0n) is 16.7. The third-order valence-corrected chi connectivity index (χ3v) is 5.26. The van der Waals surface area contributed by atoms with E-state index in [1.165, 1.54) is 7.11 Å². The van der Waals surface area contributed by atoms with Crippen molar-refractivity contribution in [2.75, 3.05) is 7.11 Å². The minimum absolute atomic E-state index is 0.0605. The molecule has 0 unspecified atom stereocenters. The number of rotatable bonds is 12. The molecule has 1 aliphatic rings. The topological polar surface area (TPSA) is 113 Å². The highest BCUT2D eigenvalue weighted by Gasteiger charge is 2.39. The van der Waals surface area contributed by atoms with Crippen molar-refractivity contribution >= 4 is 5.97 Å². The minimum Gasteiger partial charge on any atom is -0.469 e. The molecule has 6 heteroatoms. The first-order valence-electron chi connectivity index (χ1n) is 10.1. The van der Waals surface area contributed by atoms with E-state index in [0.29, 0.717) is 32.1 Å². The summed E-state index contributed by atoms with van der Waals surface area (Å²) in [4.78, 5) is 11.1. The number of allylic oxidation sites excluding steroid dienone is 2. The number of carbonyl (C=O) groups is 1. The molecule has 0 aromatic heterocycles. The molecule has 27 heavy (non-hydrogen) atoms. The molecule has 0 bridgehead atoms. The van der Waals surface area contributed by atoms with Crippen LogP contribution in [-0.2, 0) is 9.53 Å². The van der Waals surface area contributed by atoms with Gasteiger partial charge in [0.1, 0.15) is 5.72 Å². The molecule has 5 atom stereocenters. The first-order chi connectivity index (χ1) is 12.8. The highest BCUT2D eigenvalue weighted by Crippen LogP contribution is 2.36. The van der Waals surface area contributed by atoms with E-state index in [4.69, 9.17) is 5.73 Å². The zero-order chi connectivity index (χ0) is 20.3. The van der Waals surface area contributed by atoms with Crippen molar-refractivity contribution in [3.05, 3.63) is 24.3 Å². The molecule has 1 fully saturated rings. The summed E-state index contributed by atoms with van der Waals surface area (Å²) in [7, 11) is 1.38. The second-order valence-electron chi connectivity index (χ2n) is 7.63. The van der Waals surface area contributed by atoms with Crippen LogP contribution in [0.5, 0.6) is 0 Å². The van der Waals surface area contributed by atoms with Crippen LogP contribution in [0.15, 0.2) is 24.3 Å². The Morgan fingerprint density at radius 2 is 1.96 bits per heavy atom. The molecule has 1 rings (SSSR count). The number of aliphatic hydroxyl groups is 3. The summed E-state index contributed by atoms with van der Waals surface area (Å²) >= 11 is 0. The fourth-order valence-corrected chi connectivity index (χ4v) is 3.56. The molecule has 156 valence electrons. The van der Waals surface area contributed by atoms with E-state index < -0.39 is 17.9 Å². The number of hydrogen-bond acceptors (Lipinski definition) is 6. The lowest BCUT2D eigenvalue weighted by atomic mass is 9.89. The summed E-state index contributed by atoms with van der Waals surface area (Å²) in [6, 6.07) is 0. The molecule has 0 heterocycles. The van der Waals surface area contributed by atoms with Crippen LogP contribution < -0.4 is 5.73 Å².